The van der Waals surface area contributed by atoms with Crippen LogP contribution in [0.4, 0.5) is 0 Å². The van der Waals surface area contributed by atoms with Crippen molar-refractivity contribution in [2.75, 3.05) is 7.11 Å². The molecule has 4 heteroatoms. The number of nitrogens with zero attached hydrogens (tertiary/aromatic N) is 1. The molecular formula is C11H10N2O2. The molecule has 15 heavy (non-hydrogen) atoms. The third-order valence-electron chi connectivity index (χ3n) is 2.09. The van der Waals surface area contributed by atoms with Crippen LogP contribution in [0.1, 0.15) is 0 Å². The van der Waals surface area contributed by atoms with Crippen LogP contribution in [-0.2, 0) is 0 Å². The molecule has 1 N–H and O–H groups in total. The number of methoxy groups -OCH3 is 1. The smallest absolute Gasteiger partial charge is 0.248 e. The molecule has 0 saturated heterocycles. The fourth-order valence-electron chi connectivity index (χ4n) is 1.39. The van der Waals surface area contributed by atoms with E-state index in [1.165, 1.54) is 6.07 Å². The molecule has 0 saturated carbocycles. The lowest BCUT2D eigenvalue weighted by Gasteiger charge is -2.06. The number of nitrogens with one attached hydrogen (secondary N) is 1. The van der Waals surface area contributed by atoms with Crippen LogP contribution >= 0.6 is 0 Å². The predicted octanol–water partition coefficient (Wildman–Crippen LogP) is 1.45. The molecule has 0 aromatic carbocycles. The van der Waals surface area contributed by atoms with Gasteiger partial charge in [-0.1, -0.05) is 0 Å². The van der Waals surface area contributed by atoms with Gasteiger partial charge in [0.1, 0.15) is 5.75 Å². The summed E-state index contributed by atoms with van der Waals surface area (Å²) in [6.45, 7) is 0. The molecule has 0 unspecified atom stereocenters. The summed E-state index contributed by atoms with van der Waals surface area (Å²) < 4.78 is 5.19. The van der Waals surface area contributed by atoms with Gasteiger partial charge in [-0.2, -0.15) is 0 Å². The molecule has 2 heterocycles. The SMILES string of the molecule is COc1ccncc1-c1cc[nH]c(=O)c1. The summed E-state index contributed by atoms with van der Waals surface area (Å²) in [5.41, 5.74) is 1.47. The maximum atomic E-state index is 11.1. The third kappa shape index (κ3) is 1.88. The third-order valence-corrected chi connectivity index (χ3v) is 2.09. The van der Waals surface area contributed by atoms with Gasteiger partial charge in [-0.3, -0.25) is 9.78 Å². The number of hydrogen-bond acceptors (Lipinski definition) is 3. The van der Waals surface area contributed by atoms with E-state index in [9.17, 15) is 4.79 Å². The van der Waals surface area contributed by atoms with Gasteiger partial charge >= 0.3 is 0 Å². The Hall–Kier alpha value is -2.10. The molecule has 0 amide bonds. The van der Waals surface area contributed by atoms with Crippen LogP contribution in [0.25, 0.3) is 11.1 Å². The van der Waals surface area contributed by atoms with Crippen LogP contribution in [0.5, 0.6) is 5.75 Å². The Balaban J connectivity index is 2.58. The van der Waals surface area contributed by atoms with E-state index in [0.29, 0.717) is 5.75 Å². The molecule has 2 aromatic heterocycles. The lowest BCUT2D eigenvalue weighted by molar-refractivity contribution is 0.416. The van der Waals surface area contributed by atoms with Crippen LogP contribution in [-0.4, -0.2) is 17.1 Å². The van der Waals surface area contributed by atoms with Crippen molar-refractivity contribution in [1.29, 1.82) is 0 Å². The second-order valence-corrected chi connectivity index (χ2v) is 3.02. The van der Waals surface area contributed by atoms with Crippen LogP contribution in [0, 0.1) is 0 Å². The summed E-state index contributed by atoms with van der Waals surface area (Å²) in [6.07, 6.45) is 4.92. The topological polar surface area (TPSA) is 55.0 Å². The van der Waals surface area contributed by atoms with E-state index in [-0.39, 0.29) is 5.56 Å². The normalized spacial score (nSPS) is 9.93. The zero-order valence-corrected chi connectivity index (χ0v) is 8.23. The fourth-order valence-corrected chi connectivity index (χ4v) is 1.39. The minimum Gasteiger partial charge on any atom is -0.496 e. The standard InChI is InChI=1S/C11H10N2O2/c1-15-10-3-4-12-7-9(10)8-2-5-13-11(14)6-8/h2-7H,1H3,(H,13,14). The van der Waals surface area contributed by atoms with Crippen LogP contribution < -0.4 is 10.3 Å². The van der Waals surface area contributed by atoms with Crippen molar-refractivity contribution in [3.8, 4) is 16.9 Å². The molecule has 2 rings (SSSR count). The highest BCUT2D eigenvalue weighted by Crippen LogP contribution is 2.26. The zero-order chi connectivity index (χ0) is 10.7. The van der Waals surface area contributed by atoms with Crippen molar-refractivity contribution in [1.82, 2.24) is 9.97 Å². The molecular weight excluding hydrogens is 192 g/mol. The minimum atomic E-state index is -0.140. The van der Waals surface area contributed by atoms with Gasteiger partial charge in [-0.05, 0) is 17.7 Å². The maximum Gasteiger partial charge on any atom is 0.248 e. The zero-order valence-electron chi connectivity index (χ0n) is 8.23. The van der Waals surface area contributed by atoms with Crippen LogP contribution in [0.2, 0.25) is 0 Å². The maximum absolute atomic E-state index is 11.1. The Morgan fingerprint density at radius 3 is 3.00 bits per heavy atom. The summed E-state index contributed by atoms with van der Waals surface area (Å²) in [5.74, 6) is 0.704. The first-order chi connectivity index (χ1) is 7.31. The molecule has 0 bridgehead atoms. The molecule has 4 nitrogen and oxygen atoms in total. The lowest BCUT2D eigenvalue weighted by atomic mass is 10.1. The van der Waals surface area contributed by atoms with Gasteiger partial charge in [0.05, 0.1) is 7.11 Å². The van der Waals surface area contributed by atoms with Gasteiger partial charge in [-0.15, -0.1) is 0 Å². The van der Waals surface area contributed by atoms with E-state index in [1.807, 2.05) is 0 Å². The summed E-state index contributed by atoms with van der Waals surface area (Å²) in [7, 11) is 1.59. The van der Waals surface area contributed by atoms with Crippen molar-refractivity contribution in [3.63, 3.8) is 0 Å². The van der Waals surface area contributed by atoms with Crippen molar-refractivity contribution in [2.45, 2.75) is 0 Å². The highest BCUT2D eigenvalue weighted by Gasteiger charge is 2.04. The number of pyridine rings is 2. The Morgan fingerprint density at radius 1 is 1.40 bits per heavy atom. The molecule has 0 aliphatic rings. The second-order valence-electron chi connectivity index (χ2n) is 3.02. The first kappa shape index (κ1) is 9.45. The van der Waals surface area contributed by atoms with Gasteiger partial charge in [0.2, 0.25) is 5.56 Å². The Bertz CT molecular complexity index is 520. The molecule has 76 valence electrons. The van der Waals surface area contributed by atoms with E-state index >= 15 is 0 Å². The predicted molar refractivity (Wildman–Crippen MR) is 56.8 cm³/mol. The minimum absolute atomic E-state index is 0.140. The lowest BCUT2D eigenvalue weighted by Crippen LogP contribution is -2.02. The number of ether oxygens (including phenoxy) is 1. The van der Waals surface area contributed by atoms with Gasteiger partial charge in [0.15, 0.2) is 0 Å². The second kappa shape index (κ2) is 3.96. The largest absolute Gasteiger partial charge is 0.496 e. The number of aromatic nitrogens is 2. The van der Waals surface area contributed by atoms with Gasteiger partial charge < -0.3 is 9.72 Å². The molecule has 0 atom stereocenters. The van der Waals surface area contributed by atoms with Gasteiger partial charge in [0.25, 0.3) is 0 Å². The van der Waals surface area contributed by atoms with Gasteiger partial charge in [-0.25, -0.2) is 0 Å². The van der Waals surface area contributed by atoms with E-state index in [4.69, 9.17) is 4.74 Å². The molecule has 2 aromatic rings. The summed E-state index contributed by atoms with van der Waals surface area (Å²) >= 11 is 0. The van der Waals surface area contributed by atoms with Crippen LogP contribution in [0.15, 0.2) is 41.6 Å². The number of hydrogen-bond donors (Lipinski definition) is 1. The van der Waals surface area contributed by atoms with E-state index in [1.54, 1.807) is 37.8 Å². The van der Waals surface area contributed by atoms with Crippen molar-refractivity contribution >= 4 is 0 Å². The highest BCUT2D eigenvalue weighted by atomic mass is 16.5. The Labute approximate surface area is 86.6 Å². The van der Waals surface area contributed by atoms with Crippen molar-refractivity contribution in [2.24, 2.45) is 0 Å². The highest BCUT2D eigenvalue weighted by molar-refractivity contribution is 5.68. The monoisotopic (exact) mass is 202 g/mol. The average Bonchev–Trinajstić information content (AvgIpc) is 2.29. The first-order valence-corrected chi connectivity index (χ1v) is 4.48. The average molecular weight is 202 g/mol. The summed E-state index contributed by atoms with van der Waals surface area (Å²) in [4.78, 5) is 17.7. The van der Waals surface area contributed by atoms with Crippen molar-refractivity contribution in [3.05, 3.63) is 47.1 Å². The van der Waals surface area contributed by atoms with Crippen molar-refractivity contribution < 1.29 is 4.74 Å². The number of aromatic amines is 1. The van der Waals surface area contributed by atoms with Crippen LogP contribution in [0.3, 0.4) is 0 Å². The Kier molecular flexibility index (Phi) is 2.49. The van der Waals surface area contributed by atoms with E-state index < -0.39 is 0 Å². The summed E-state index contributed by atoms with van der Waals surface area (Å²) in [6, 6.07) is 5.08. The first-order valence-electron chi connectivity index (χ1n) is 4.48. The molecule has 0 fully saturated rings. The van der Waals surface area contributed by atoms with Gasteiger partial charge in [0, 0.05) is 30.2 Å². The Morgan fingerprint density at radius 2 is 2.27 bits per heavy atom. The van der Waals surface area contributed by atoms with E-state index in [0.717, 1.165) is 11.1 Å². The fraction of sp³-hybridized carbons (Fsp3) is 0.0909. The number of H-pyrrole nitrogens is 1. The quantitative estimate of drug-likeness (QED) is 0.801. The molecule has 0 spiro atoms. The summed E-state index contributed by atoms with van der Waals surface area (Å²) in [5, 5.41) is 0. The molecule has 0 aliphatic heterocycles. The molecule has 0 radical (unpaired) electrons. The number of rotatable bonds is 2. The van der Waals surface area contributed by atoms with E-state index in [2.05, 4.69) is 9.97 Å². The molecule has 0 aliphatic carbocycles.